The van der Waals surface area contributed by atoms with E-state index in [0.717, 1.165) is 11.1 Å². The number of H-pyrrole nitrogens is 1. The van der Waals surface area contributed by atoms with Gasteiger partial charge in [-0.3, -0.25) is 0 Å². The van der Waals surface area contributed by atoms with Gasteiger partial charge in [-0.1, -0.05) is 12.1 Å². The van der Waals surface area contributed by atoms with Gasteiger partial charge in [-0.2, -0.15) is 0 Å². The van der Waals surface area contributed by atoms with E-state index in [4.69, 9.17) is 11.5 Å². The van der Waals surface area contributed by atoms with Gasteiger partial charge in [0, 0.05) is 11.3 Å². The first kappa shape index (κ1) is 10.5. The lowest BCUT2D eigenvalue weighted by molar-refractivity contribution is 1.21. The smallest absolute Gasteiger partial charge is 0.183 e. The molecule has 0 spiro atoms. The van der Waals surface area contributed by atoms with E-state index in [1.165, 1.54) is 6.33 Å². The van der Waals surface area contributed by atoms with Crippen LogP contribution in [-0.2, 0) is 0 Å². The lowest BCUT2D eigenvalue weighted by Gasteiger charge is -2.04. The van der Waals surface area contributed by atoms with Crippen LogP contribution in [0.15, 0.2) is 24.5 Å². The number of hydrogen-bond donors (Lipinski definition) is 3. The minimum atomic E-state index is 0.380. The molecule has 0 bridgehead atoms. The van der Waals surface area contributed by atoms with Crippen molar-refractivity contribution in [2.24, 2.45) is 0 Å². The molecule has 3 aromatic rings. The third kappa shape index (κ3) is 1.46. The summed E-state index contributed by atoms with van der Waals surface area (Å²) in [5.41, 5.74) is 15.5. The van der Waals surface area contributed by atoms with E-state index in [9.17, 15) is 0 Å². The highest BCUT2D eigenvalue weighted by molar-refractivity contribution is 5.86. The van der Waals surface area contributed by atoms with E-state index < -0.39 is 0 Å². The normalized spacial score (nSPS) is 10.9. The molecular formula is C12H12N6. The molecule has 0 amide bonds. The van der Waals surface area contributed by atoms with Crippen molar-refractivity contribution in [2.75, 3.05) is 11.5 Å². The van der Waals surface area contributed by atoms with Crippen molar-refractivity contribution in [1.29, 1.82) is 0 Å². The molecule has 5 N–H and O–H groups in total. The summed E-state index contributed by atoms with van der Waals surface area (Å²) in [6.07, 6.45) is 1.39. The Hall–Kier alpha value is -2.63. The molecule has 0 saturated carbocycles. The maximum Gasteiger partial charge on any atom is 0.183 e. The predicted molar refractivity (Wildman–Crippen MR) is 70.7 cm³/mol. The molecule has 0 aliphatic rings. The third-order valence-electron chi connectivity index (χ3n) is 2.90. The fourth-order valence-corrected chi connectivity index (χ4v) is 1.86. The molecule has 2 aromatic heterocycles. The van der Waals surface area contributed by atoms with E-state index >= 15 is 0 Å². The maximum atomic E-state index is 6.05. The van der Waals surface area contributed by atoms with Gasteiger partial charge in [-0.15, -0.1) is 0 Å². The summed E-state index contributed by atoms with van der Waals surface area (Å²) in [4.78, 5) is 15.5. The number of para-hydroxylation sites is 1. The van der Waals surface area contributed by atoms with Crippen LogP contribution < -0.4 is 11.5 Å². The summed E-state index contributed by atoms with van der Waals surface area (Å²) in [5, 5.41) is 0. The van der Waals surface area contributed by atoms with Gasteiger partial charge in [0.05, 0.1) is 0 Å². The minimum absolute atomic E-state index is 0.380. The average molecular weight is 240 g/mol. The van der Waals surface area contributed by atoms with Gasteiger partial charge >= 0.3 is 0 Å². The largest absolute Gasteiger partial charge is 0.398 e. The van der Waals surface area contributed by atoms with E-state index in [1.54, 1.807) is 0 Å². The highest BCUT2D eigenvalue weighted by atomic mass is 15.0. The molecule has 0 aliphatic heterocycles. The molecule has 0 aliphatic carbocycles. The van der Waals surface area contributed by atoms with Crippen molar-refractivity contribution < 1.29 is 0 Å². The third-order valence-corrected chi connectivity index (χ3v) is 2.90. The Kier molecular flexibility index (Phi) is 2.16. The fraction of sp³-hybridized carbons (Fsp3) is 0.0833. The Balaban J connectivity index is 2.26. The van der Waals surface area contributed by atoms with E-state index in [2.05, 4.69) is 19.9 Å². The molecule has 0 unspecified atom stereocenters. The number of fused-ring (bicyclic) bond motifs is 1. The van der Waals surface area contributed by atoms with Gasteiger partial charge in [-0.05, 0) is 18.6 Å². The number of nitrogens with zero attached hydrogens (tertiary/aromatic N) is 3. The standard InChI is InChI=1S/C12H12N6/c1-6-3-2-4-7(8(6)13)11-17-9-10(14)15-5-16-12(9)18-11/h2-5H,13H2,1H3,(H3,14,15,16,17,18). The van der Waals surface area contributed by atoms with Crippen LogP contribution in [0.1, 0.15) is 5.56 Å². The zero-order valence-electron chi connectivity index (χ0n) is 9.81. The predicted octanol–water partition coefficient (Wildman–Crippen LogP) is 1.49. The van der Waals surface area contributed by atoms with Gasteiger partial charge in [0.15, 0.2) is 11.5 Å². The highest BCUT2D eigenvalue weighted by Gasteiger charge is 2.11. The van der Waals surface area contributed by atoms with Gasteiger partial charge in [0.2, 0.25) is 0 Å². The summed E-state index contributed by atoms with van der Waals surface area (Å²) in [6.45, 7) is 1.95. The van der Waals surface area contributed by atoms with Crippen LogP contribution in [-0.4, -0.2) is 19.9 Å². The molecule has 0 fully saturated rings. The van der Waals surface area contributed by atoms with Crippen LogP contribution in [0.25, 0.3) is 22.6 Å². The van der Waals surface area contributed by atoms with Gasteiger partial charge in [0.25, 0.3) is 0 Å². The summed E-state index contributed by atoms with van der Waals surface area (Å²) >= 11 is 0. The molecular weight excluding hydrogens is 228 g/mol. The van der Waals surface area contributed by atoms with Crippen LogP contribution >= 0.6 is 0 Å². The molecule has 1 aromatic carbocycles. The van der Waals surface area contributed by atoms with Crippen LogP contribution in [0.2, 0.25) is 0 Å². The molecule has 90 valence electrons. The summed E-state index contributed by atoms with van der Waals surface area (Å²) in [7, 11) is 0. The number of nitrogen functional groups attached to an aromatic ring is 2. The Morgan fingerprint density at radius 1 is 1.17 bits per heavy atom. The quantitative estimate of drug-likeness (QED) is 0.559. The number of rotatable bonds is 1. The monoisotopic (exact) mass is 240 g/mol. The van der Waals surface area contributed by atoms with Crippen LogP contribution in [0.4, 0.5) is 11.5 Å². The number of aryl methyl sites for hydroxylation is 1. The summed E-state index contributed by atoms with van der Waals surface area (Å²) in [5.74, 6) is 1.03. The lowest BCUT2D eigenvalue weighted by Crippen LogP contribution is -1.94. The Bertz CT molecular complexity index is 731. The zero-order valence-corrected chi connectivity index (χ0v) is 9.81. The number of aromatic nitrogens is 4. The second-order valence-corrected chi connectivity index (χ2v) is 4.08. The Morgan fingerprint density at radius 3 is 2.78 bits per heavy atom. The van der Waals surface area contributed by atoms with Crippen molar-refractivity contribution >= 4 is 22.7 Å². The Labute approximate surface area is 103 Å². The Morgan fingerprint density at radius 2 is 2.00 bits per heavy atom. The maximum absolute atomic E-state index is 6.05. The molecule has 2 heterocycles. The van der Waals surface area contributed by atoms with Gasteiger partial charge in [-0.25, -0.2) is 15.0 Å². The summed E-state index contributed by atoms with van der Waals surface area (Å²) in [6, 6.07) is 5.79. The van der Waals surface area contributed by atoms with Crippen molar-refractivity contribution in [3.8, 4) is 11.4 Å². The number of hydrogen-bond acceptors (Lipinski definition) is 5. The molecule has 0 saturated heterocycles. The molecule has 0 atom stereocenters. The minimum Gasteiger partial charge on any atom is -0.398 e. The summed E-state index contributed by atoms with van der Waals surface area (Å²) < 4.78 is 0. The van der Waals surface area contributed by atoms with Crippen molar-refractivity contribution in [3.63, 3.8) is 0 Å². The number of imidazole rings is 1. The number of anilines is 2. The molecule has 6 heteroatoms. The topological polar surface area (TPSA) is 106 Å². The number of nitrogens with one attached hydrogen (secondary N) is 1. The van der Waals surface area contributed by atoms with Crippen LogP contribution in [0, 0.1) is 6.92 Å². The van der Waals surface area contributed by atoms with Crippen LogP contribution in [0.3, 0.4) is 0 Å². The first-order chi connectivity index (χ1) is 8.66. The second kappa shape index (κ2) is 3.69. The van der Waals surface area contributed by atoms with E-state index in [1.807, 2.05) is 25.1 Å². The second-order valence-electron chi connectivity index (χ2n) is 4.08. The fourth-order valence-electron chi connectivity index (χ4n) is 1.86. The molecule has 6 nitrogen and oxygen atoms in total. The average Bonchev–Trinajstić information content (AvgIpc) is 2.78. The lowest BCUT2D eigenvalue weighted by atomic mass is 10.1. The van der Waals surface area contributed by atoms with Gasteiger partial charge in [0.1, 0.15) is 17.7 Å². The van der Waals surface area contributed by atoms with Crippen molar-refractivity contribution in [1.82, 2.24) is 19.9 Å². The number of aromatic amines is 1. The first-order valence-corrected chi connectivity index (χ1v) is 5.48. The number of benzene rings is 1. The van der Waals surface area contributed by atoms with E-state index in [-0.39, 0.29) is 0 Å². The highest BCUT2D eigenvalue weighted by Crippen LogP contribution is 2.28. The molecule has 18 heavy (non-hydrogen) atoms. The van der Waals surface area contributed by atoms with Gasteiger partial charge < -0.3 is 16.5 Å². The molecule has 0 radical (unpaired) electrons. The van der Waals surface area contributed by atoms with Crippen LogP contribution in [0.5, 0.6) is 0 Å². The van der Waals surface area contributed by atoms with E-state index in [0.29, 0.717) is 28.5 Å². The SMILES string of the molecule is Cc1cccc(-c2nc3ncnc(N)c3[nH]2)c1N. The molecule has 3 rings (SSSR count). The first-order valence-electron chi connectivity index (χ1n) is 5.48. The zero-order chi connectivity index (χ0) is 12.7. The number of nitrogens with two attached hydrogens (primary N) is 2. The van der Waals surface area contributed by atoms with Crippen molar-refractivity contribution in [3.05, 3.63) is 30.1 Å². The van der Waals surface area contributed by atoms with Crippen molar-refractivity contribution in [2.45, 2.75) is 6.92 Å².